The largest absolute Gasteiger partial charge is 0.543 e. The number of rotatable bonds is 16. The third kappa shape index (κ3) is 14.1. The number of nitrogens with zero attached hydrogens (tertiary/aromatic N) is 7. The number of esters is 2. The van der Waals surface area contributed by atoms with Crippen molar-refractivity contribution in [3.63, 3.8) is 0 Å². The number of carbonyl (C=O) groups is 3. The van der Waals surface area contributed by atoms with Crippen molar-refractivity contribution in [2.45, 2.75) is 112 Å². The van der Waals surface area contributed by atoms with Gasteiger partial charge in [0.25, 0.3) is 0 Å². The standard InChI is InChI=1S/C31H32N4O5.C23H31N3O3Si/c1-6-20(2)23-9-11-24(12-10-23)29(36)38-16-15-21-8-14-28(39-30(37)40-31(3,4)5)27(18-21)35-33-25-13-7-22(19-32)17-26(25)34-35;1-7-23(2,3)22(27)28-15-14-17-12-13-21(29-30(4,5)6)20(16-17)26-24-18-10-8-9-11-19(18)25-26/h7-14,17-18,20H,6,15-16H2,1-5H3;8-13,16H,7,14-15H2,1-6H3. The summed E-state index contributed by atoms with van der Waals surface area (Å²) < 4.78 is 28.1. The quantitative estimate of drug-likeness (QED) is 0.0386. The number of fused-ring (bicyclic) bond motifs is 2. The van der Waals surface area contributed by atoms with Gasteiger partial charge in [0.1, 0.15) is 44.8 Å². The molecule has 0 aliphatic carbocycles. The minimum absolute atomic E-state index is 0.150. The number of hydrogen-bond donors (Lipinski definition) is 0. The molecule has 7 rings (SSSR count). The average molecular weight is 966 g/mol. The molecule has 15 nitrogen and oxygen atoms in total. The van der Waals surface area contributed by atoms with Crippen LogP contribution in [-0.2, 0) is 31.8 Å². The SMILES string of the molecule is CCC(C)(C)C(=O)OCCc1ccc(O[Si](C)(C)C)c(-n2nc3ccccc3n2)c1.CCC(C)c1ccc(C(=O)OCCc2ccc(OC(=O)OC(C)(C)C)c(-n3nc4ccc(C#N)cc4n3)c2)cc1. The molecule has 2 aromatic heterocycles. The summed E-state index contributed by atoms with van der Waals surface area (Å²) >= 11 is 0. The van der Waals surface area contributed by atoms with Crippen LogP contribution >= 0.6 is 0 Å². The molecule has 7 aromatic rings. The van der Waals surface area contributed by atoms with E-state index >= 15 is 0 Å². The summed E-state index contributed by atoms with van der Waals surface area (Å²) in [4.78, 5) is 40.2. The molecule has 0 spiro atoms. The molecule has 2 heterocycles. The van der Waals surface area contributed by atoms with Crippen LogP contribution in [0.3, 0.4) is 0 Å². The number of nitriles is 1. The molecule has 1 atom stereocenters. The van der Waals surface area contributed by atoms with E-state index in [2.05, 4.69) is 60.0 Å². The van der Waals surface area contributed by atoms with Crippen LogP contribution in [0.2, 0.25) is 19.6 Å². The Kier molecular flexibility index (Phi) is 16.6. The average Bonchev–Trinajstić information content (AvgIpc) is 3.96. The number of ether oxygens (including phenoxy) is 4. The van der Waals surface area contributed by atoms with E-state index in [-0.39, 0.29) is 18.3 Å². The third-order valence-electron chi connectivity index (χ3n) is 11.3. The molecule has 0 fully saturated rings. The first-order chi connectivity index (χ1) is 33.1. The molecule has 0 radical (unpaired) electrons. The van der Waals surface area contributed by atoms with Gasteiger partial charge in [-0.1, -0.05) is 57.2 Å². The summed E-state index contributed by atoms with van der Waals surface area (Å²) in [5.41, 5.74) is 6.73. The molecule has 70 heavy (non-hydrogen) atoms. The molecule has 16 heteroatoms. The van der Waals surface area contributed by atoms with Gasteiger partial charge in [-0.25, -0.2) is 9.59 Å². The normalized spacial score (nSPS) is 12.1. The smallest absolute Gasteiger partial charge is 0.514 e. The van der Waals surface area contributed by atoms with Gasteiger partial charge in [-0.3, -0.25) is 4.79 Å². The minimum Gasteiger partial charge on any atom is -0.543 e. The van der Waals surface area contributed by atoms with Crippen molar-refractivity contribution >= 4 is 48.5 Å². The molecule has 0 bridgehead atoms. The molecule has 0 aliphatic rings. The van der Waals surface area contributed by atoms with E-state index < -0.39 is 31.5 Å². The second-order valence-electron chi connectivity index (χ2n) is 19.6. The Bertz CT molecular complexity index is 2960. The highest BCUT2D eigenvalue weighted by Crippen LogP contribution is 2.30. The van der Waals surface area contributed by atoms with Crippen molar-refractivity contribution < 1.29 is 37.8 Å². The van der Waals surface area contributed by atoms with Crippen molar-refractivity contribution in [3.8, 4) is 28.9 Å². The summed E-state index contributed by atoms with van der Waals surface area (Å²) in [6.07, 6.45) is 1.94. The first kappa shape index (κ1) is 52.0. The Balaban J connectivity index is 0.000000239. The fourth-order valence-corrected chi connectivity index (χ4v) is 7.63. The fraction of sp³-hybridized carbons (Fsp3) is 0.370. The fourth-order valence-electron chi connectivity index (χ4n) is 6.80. The van der Waals surface area contributed by atoms with Gasteiger partial charge < -0.3 is 23.4 Å². The third-order valence-corrected chi connectivity index (χ3v) is 12.1. The van der Waals surface area contributed by atoms with Crippen LogP contribution in [0, 0.1) is 16.7 Å². The molecule has 1 unspecified atom stereocenters. The van der Waals surface area contributed by atoms with Gasteiger partial charge in [0.15, 0.2) is 5.75 Å². The maximum absolute atomic E-state index is 12.6. The van der Waals surface area contributed by atoms with E-state index in [9.17, 15) is 19.6 Å². The maximum Gasteiger partial charge on any atom is 0.514 e. The van der Waals surface area contributed by atoms with E-state index in [1.807, 2.05) is 75.4 Å². The lowest BCUT2D eigenvalue weighted by atomic mass is 9.91. The van der Waals surface area contributed by atoms with Crippen LogP contribution in [-0.4, -0.2) is 75.2 Å². The Hall–Kier alpha value is -7.38. The lowest BCUT2D eigenvalue weighted by molar-refractivity contribution is -0.154. The minimum atomic E-state index is -1.82. The monoisotopic (exact) mass is 965 g/mol. The van der Waals surface area contributed by atoms with Gasteiger partial charge >= 0.3 is 18.1 Å². The summed E-state index contributed by atoms with van der Waals surface area (Å²) in [5, 5.41) is 27.4. The predicted molar refractivity (Wildman–Crippen MR) is 271 cm³/mol. The predicted octanol–water partition coefficient (Wildman–Crippen LogP) is 11.7. The lowest BCUT2D eigenvalue weighted by Crippen LogP contribution is -2.30. The molecule has 366 valence electrons. The van der Waals surface area contributed by atoms with Crippen LogP contribution in [0.1, 0.15) is 107 Å². The van der Waals surface area contributed by atoms with Crippen molar-refractivity contribution in [1.82, 2.24) is 30.0 Å². The van der Waals surface area contributed by atoms with Gasteiger partial charge in [-0.05, 0) is 156 Å². The first-order valence-electron chi connectivity index (χ1n) is 23.5. The molecule has 0 aliphatic heterocycles. The summed E-state index contributed by atoms with van der Waals surface area (Å²) in [6.45, 7) is 22.2. The first-order valence-corrected chi connectivity index (χ1v) is 27.0. The van der Waals surface area contributed by atoms with Crippen LogP contribution in [0.4, 0.5) is 4.79 Å². The van der Waals surface area contributed by atoms with Crippen molar-refractivity contribution in [3.05, 3.63) is 131 Å². The highest BCUT2D eigenvalue weighted by atomic mass is 28.4. The highest BCUT2D eigenvalue weighted by molar-refractivity contribution is 6.70. The molecule has 0 saturated carbocycles. The van der Waals surface area contributed by atoms with Gasteiger partial charge in [-0.2, -0.15) is 5.26 Å². The lowest BCUT2D eigenvalue weighted by Gasteiger charge is -2.22. The van der Waals surface area contributed by atoms with Gasteiger partial charge in [0.2, 0.25) is 8.32 Å². The molecule has 5 aromatic carbocycles. The Morgan fingerprint density at radius 3 is 1.77 bits per heavy atom. The summed E-state index contributed by atoms with van der Waals surface area (Å²) in [6, 6.07) is 33.5. The van der Waals surface area contributed by atoms with Crippen LogP contribution in [0.15, 0.2) is 103 Å². The van der Waals surface area contributed by atoms with Crippen LogP contribution in [0.5, 0.6) is 11.5 Å². The topological polar surface area (TPSA) is 183 Å². The van der Waals surface area contributed by atoms with E-state index in [1.54, 1.807) is 74.1 Å². The highest BCUT2D eigenvalue weighted by Gasteiger charge is 2.27. The van der Waals surface area contributed by atoms with E-state index in [4.69, 9.17) is 23.4 Å². The van der Waals surface area contributed by atoms with E-state index in [0.717, 1.165) is 46.4 Å². The van der Waals surface area contributed by atoms with Gasteiger partial charge in [-0.15, -0.1) is 30.0 Å². The second kappa shape index (κ2) is 22.4. The number of hydrogen-bond acceptors (Lipinski definition) is 13. The Morgan fingerprint density at radius 2 is 1.23 bits per heavy atom. The zero-order valence-corrected chi connectivity index (χ0v) is 43.0. The molecule has 0 saturated heterocycles. The number of benzene rings is 5. The van der Waals surface area contributed by atoms with Crippen molar-refractivity contribution in [1.29, 1.82) is 5.26 Å². The Morgan fingerprint density at radius 1 is 0.686 bits per heavy atom. The van der Waals surface area contributed by atoms with Crippen molar-refractivity contribution in [2.24, 2.45) is 5.41 Å². The van der Waals surface area contributed by atoms with Crippen LogP contribution in [0.25, 0.3) is 33.4 Å². The zero-order chi connectivity index (χ0) is 50.8. The van der Waals surface area contributed by atoms with E-state index in [0.29, 0.717) is 53.2 Å². The van der Waals surface area contributed by atoms with Crippen LogP contribution < -0.4 is 9.16 Å². The van der Waals surface area contributed by atoms with E-state index in [1.165, 1.54) is 10.4 Å². The molecular weight excluding hydrogens is 903 g/mol. The summed E-state index contributed by atoms with van der Waals surface area (Å²) in [7, 11) is -1.82. The summed E-state index contributed by atoms with van der Waals surface area (Å²) in [5.74, 6) is 0.828. The van der Waals surface area contributed by atoms with Gasteiger partial charge in [0.05, 0.1) is 35.8 Å². The second-order valence-corrected chi connectivity index (χ2v) is 24.0. The number of aromatic nitrogens is 6. The number of carbonyl (C=O) groups excluding carboxylic acids is 3. The van der Waals surface area contributed by atoms with Crippen molar-refractivity contribution in [2.75, 3.05) is 13.2 Å². The molecular formula is C54H63N7O8Si. The zero-order valence-electron chi connectivity index (χ0n) is 42.0. The maximum atomic E-state index is 12.6. The molecule has 0 amide bonds. The van der Waals surface area contributed by atoms with Gasteiger partial charge in [0, 0.05) is 12.8 Å². The molecule has 0 N–H and O–H groups in total. The Labute approximate surface area is 410 Å².